The Morgan fingerprint density at radius 1 is 1.52 bits per heavy atom. The summed E-state index contributed by atoms with van der Waals surface area (Å²) in [5.74, 6) is 0.648. The third-order valence-corrected chi connectivity index (χ3v) is 4.72. The lowest BCUT2D eigenvalue weighted by Crippen LogP contribution is -2.38. The quantitative estimate of drug-likeness (QED) is 0.623. The molecule has 2 aromatic heterocycles. The summed E-state index contributed by atoms with van der Waals surface area (Å²) < 4.78 is 7.06. The van der Waals surface area contributed by atoms with Crippen LogP contribution < -0.4 is 4.90 Å². The van der Waals surface area contributed by atoms with Gasteiger partial charge in [-0.25, -0.2) is 4.68 Å². The Balaban J connectivity index is 2.30. The van der Waals surface area contributed by atoms with E-state index in [2.05, 4.69) is 10.1 Å². The zero-order valence-electron chi connectivity index (χ0n) is 14.7. The highest BCUT2D eigenvalue weighted by atomic mass is 35.5. The lowest BCUT2D eigenvalue weighted by atomic mass is 10.2. The molecule has 25 heavy (non-hydrogen) atoms. The summed E-state index contributed by atoms with van der Waals surface area (Å²) in [5, 5.41) is 4.60. The first kappa shape index (κ1) is 19.8. The number of pyridine rings is 1. The number of anilines is 1. The normalized spacial score (nSPS) is 12.2. The first-order valence-corrected chi connectivity index (χ1v) is 9.89. The zero-order chi connectivity index (χ0) is 18.2. The first-order chi connectivity index (χ1) is 12.1. The third-order valence-electron chi connectivity index (χ3n) is 3.62. The van der Waals surface area contributed by atoms with Gasteiger partial charge in [-0.1, -0.05) is 18.5 Å². The molecule has 1 amide bonds. The van der Waals surface area contributed by atoms with Crippen molar-refractivity contribution in [3.8, 4) is 5.69 Å². The Labute approximate surface area is 157 Å². The second kappa shape index (κ2) is 9.79. The van der Waals surface area contributed by atoms with Crippen molar-refractivity contribution in [2.45, 2.75) is 13.8 Å². The number of carbonyl (C=O) groups excluding carboxylic acids is 1. The van der Waals surface area contributed by atoms with Gasteiger partial charge in [0, 0.05) is 31.0 Å². The van der Waals surface area contributed by atoms with Crippen LogP contribution in [0.4, 0.5) is 5.69 Å². The number of amides is 1. The maximum atomic E-state index is 12.9. The van der Waals surface area contributed by atoms with Crippen LogP contribution in [0.1, 0.15) is 13.8 Å². The number of carbonyl (C=O) groups is 1. The van der Waals surface area contributed by atoms with Gasteiger partial charge >= 0.3 is 0 Å². The van der Waals surface area contributed by atoms with Crippen LogP contribution in [0, 0.1) is 5.92 Å². The second-order valence-corrected chi connectivity index (χ2v) is 6.77. The minimum Gasteiger partial charge on any atom is -0.380 e. The van der Waals surface area contributed by atoms with E-state index in [1.165, 1.54) is 0 Å². The van der Waals surface area contributed by atoms with Crippen LogP contribution >= 0.6 is 23.4 Å². The van der Waals surface area contributed by atoms with Crippen LogP contribution in [0.5, 0.6) is 0 Å². The summed E-state index contributed by atoms with van der Waals surface area (Å²) in [6, 6.07) is 3.70. The molecule has 1 atom stereocenters. The monoisotopic (exact) mass is 382 g/mol. The molecule has 1 unspecified atom stereocenters. The van der Waals surface area contributed by atoms with Gasteiger partial charge < -0.3 is 9.64 Å². The van der Waals surface area contributed by atoms with Gasteiger partial charge in [0.2, 0.25) is 5.91 Å². The molecular weight excluding hydrogens is 360 g/mol. The van der Waals surface area contributed by atoms with E-state index in [0.717, 1.165) is 11.4 Å². The van der Waals surface area contributed by atoms with E-state index < -0.39 is 0 Å². The van der Waals surface area contributed by atoms with E-state index in [1.54, 1.807) is 39.9 Å². The van der Waals surface area contributed by atoms with Gasteiger partial charge in [-0.3, -0.25) is 9.78 Å². The molecule has 0 saturated heterocycles. The number of hydrogen-bond donors (Lipinski definition) is 0. The van der Waals surface area contributed by atoms with Crippen molar-refractivity contribution < 1.29 is 9.53 Å². The molecule has 0 aliphatic rings. The number of hydrogen-bond acceptors (Lipinski definition) is 5. The number of aromatic nitrogens is 3. The maximum Gasteiger partial charge on any atom is 0.230 e. The van der Waals surface area contributed by atoms with Crippen molar-refractivity contribution in [1.82, 2.24) is 14.8 Å². The average Bonchev–Trinajstić information content (AvgIpc) is 3.01. The minimum atomic E-state index is -0.116. The maximum absolute atomic E-state index is 12.9. The Morgan fingerprint density at radius 2 is 2.32 bits per heavy atom. The van der Waals surface area contributed by atoms with Crippen molar-refractivity contribution >= 4 is 35.0 Å². The lowest BCUT2D eigenvalue weighted by Gasteiger charge is -2.24. The van der Waals surface area contributed by atoms with Gasteiger partial charge in [-0.15, -0.1) is 0 Å². The predicted molar refractivity (Wildman–Crippen MR) is 103 cm³/mol. The summed E-state index contributed by atoms with van der Waals surface area (Å²) in [7, 11) is 0. The van der Waals surface area contributed by atoms with Crippen LogP contribution in [0.15, 0.2) is 30.7 Å². The SMILES string of the molecule is CCOCCN(C(=O)C(C)CSC)c1cn(-c2cccnc2)nc1Cl. The van der Waals surface area contributed by atoms with Crippen molar-refractivity contribution in [2.24, 2.45) is 5.92 Å². The minimum absolute atomic E-state index is 0.0155. The molecule has 0 aromatic carbocycles. The molecule has 6 nitrogen and oxygen atoms in total. The number of thioether (sulfide) groups is 1. The fourth-order valence-corrected chi connectivity index (χ4v) is 3.26. The van der Waals surface area contributed by atoms with Gasteiger partial charge in [0.1, 0.15) is 5.69 Å². The number of rotatable bonds is 9. The Morgan fingerprint density at radius 3 is 2.96 bits per heavy atom. The van der Waals surface area contributed by atoms with Gasteiger partial charge in [-0.05, 0) is 25.3 Å². The third kappa shape index (κ3) is 5.20. The fourth-order valence-electron chi connectivity index (χ4n) is 2.38. The average molecular weight is 383 g/mol. The summed E-state index contributed by atoms with van der Waals surface area (Å²) in [4.78, 5) is 18.6. The van der Waals surface area contributed by atoms with E-state index >= 15 is 0 Å². The summed E-state index contributed by atoms with van der Waals surface area (Å²) >= 11 is 7.98. The van der Waals surface area contributed by atoms with Crippen molar-refractivity contribution in [1.29, 1.82) is 0 Å². The molecule has 0 aliphatic carbocycles. The fraction of sp³-hybridized carbons (Fsp3) is 0.471. The second-order valence-electron chi connectivity index (χ2n) is 5.50. The molecule has 0 aliphatic heterocycles. The summed E-state index contributed by atoms with van der Waals surface area (Å²) in [6.07, 6.45) is 7.13. The van der Waals surface area contributed by atoms with E-state index in [1.807, 2.05) is 32.2 Å². The van der Waals surface area contributed by atoms with Crippen molar-refractivity contribution in [3.05, 3.63) is 35.9 Å². The van der Waals surface area contributed by atoms with Crippen LogP contribution in [0.25, 0.3) is 5.69 Å². The molecule has 0 spiro atoms. The van der Waals surface area contributed by atoms with Gasteiger partial charge in [0.05, 0.1) is 24.7 Å². The van der Waals surface area contributed by atoms with Gasteiger partial charge in [-0.2, -0.15) is 16.9 Å². The highest BCUT2D eigenvalue weighted by Gasteiger charge is 2.25. The molecule has 0 N–H and O–H groups in total. The highest BCUT2D eigenvalue weighted by Crippen LogP contribution is 2.27. The topological polar surface area (TPSA) is 60.2 Å². The molecular formula is C17H23ClN4O2S. The van der Waals surface area contributed by atoms with Crippen LogP contribution in [-0.4, -0.2) is 52.4 Å². The number of halogens is 1. The van der Waals surface area contributed by atoms with Gasteiger partial charge in [0.25, 0.3) is 0 Å². The van der Waals surface area contributed by atoms with E-state index in [0.29, 0.717) is 25.4 Å². The lowest BCUT2D eigenvalue weighted by molar-refractivity contribution is -0.121. The predicted octanol–water partition coefficient (Wildman–Crippen LogP) is 3.29. The molecule has 0 bridgehead atoms. The number of ether oxygens (including phenoxy) is 1. The molecule has 2 aromatic rings. The Hall–Kier alpha value is -1.57. The Kier molecular flexibility index (Phi) is 7.74. The van der Waals surface area contributed by atoms with Crippen LogP contribution in [0.3, 0.4) is 0 Å². The van der Waals surface area contributed by atoms with E-state index in [-0.39, 0.29) is 17.0 Å². The van der Waals surface area contributed by atoms with Gasteiger partial charge in [0.15, 0.2) is 5.15 Å². The Bertz CT molecular complexity index is 681. The first-order valence-electron chi connectivity index (χ1n) is 8.12. The zero-order valence-corrected chi connectivity index (χ0v) is 16.3. The number of nitrogens with zero attached hydrogens (tertiary/aromatic N) is 4. The standard InChI is InChI=1S/C17H23ClN4O2S/c1-4-24-9-8-21(17(23)13(2)12-25-3)15-11-22(20-16(15)18)14-6-5-7-19-10-14/h5-7,10-11,13H,4,8-9,12H2,1-3H3. The van der Waals surface area contributed by atoms with E-state index in [4.69, 9.17) is 16.3 Å². The van der Waals surface area contributed by atoms with Crippen LogP contribution in [-0.2, 0) is 9.53 Å². The van der Waals surface area contributed by atoms with Crippen molar-refractivity contribution in [2.75, 3.05) is 36.7 Å². The molecule has 136 valence electrons. The smallest absolute Gasteiger partial charge is 0.230 e. The molecule has 0 fully saturated rings. The highest BCUT2D eigenvalue weighted by molar-refractivity contribution is 7.98. The molecule has 2 rings (SSSR count). The molecule has 8 heteroatoms. The molecule has 2 heterocycles. The van der Waals surface area contributed by atoms with Crippen LogP contribution in [0.2, 0.25) is 5.15 Å². The summed E-state index contributed by atoms with van der Waals surface area (Å²) in [6.45, 7) is 5.33. The molecule has 0 saturated carbocycles. The largest absolute Gasteiger partial charge is 0.380 e. The van der Waals surface area contributed by atoms with E-state index in [9.17, 15) is 4.79 Å². The summed E-state index contributed by atoms with van der Waals surface area (Å²) in [5.41, 5.74) is 1.37. The molecule has 0 radical (unpaired) electrons. The van der Waals surface area contributed by atoms with Crippen molar-refractivity contribution in [3.63, 3.8) is 0 Å².